The number of amides is 2. The molecule has 0 aromatic carbocycles. The molecule has 0 bridgehead atoms. The molecule has 2 atom stereocenters. The van der Waals surface area contributed by atoms with Crippen LogP contribution in [-0.2, 0) is 6.54 Å². The molecule has 112 valence electrons. The standard InChI is InChI=1S/C15H26N4O/c1-10-5-6-19(9-11(2)7-10)15(20)16-8-14-12(3)17-18-13(14)4/h10-11H,5-9H2,1-4H3,(H,16,20)(H,17,18)/t10-,11+/m1/s1. The lowest BCUT2D eigenvalue weighted by molar-refractivity contribution is 0.193. The topological polar surface area (TPSA) is 61.0 Å². The minimum atomic E-state index is 0.0472. The Morgan fingerprint density at radius 2 is 2.15 bits per heavy atom. The number of carbonyl (C=O) groups is 1. The van der Waals surface area contributed by atoms with Crippen LogP contribution in [0.5, 0.6) is 0 Å². The number of aromatic nitrogens is 2. The number of hydrogen-bond donors (Lipinski definition) is 2. The van der Waals surface area contributed by atoms with Crippen molar-refractivity contribution in [1.29, 1.82) is 0 Å². The summed E-state index contributed by atoms with van der Waals surface area (Å²) in [6, 6.07) is 0.0472. The van der Waals surface area contributed by atoms with Crippen molar-refractivity contribution < 1.29 is 4.79 Å². The zero-order valence-electron chi connectivity index (χ0n) is 13.0. The fourth-order valence-corrected chi connectivity index (χ4v) is 3.02. The molecule has 2 rings (SSSR count). The predicted molar refractivity (Wildman–Crippen MR) is 79.4 cm³/mol. The summed E-state index contributed by atoms with van der Waals surface area (Å²) < 4.78 is 0. The maximum atomic E-state index is 12.3. The van der Waals surface area contributed by atoms with Gasteiger partial charge in [0.25, 0.3) is 0 Å². The maximum Gasteiger partial charge on any atom is 0.317 e. The van der Waals surface area contributed by atoms with Gasteiger partial charge in [-0.3, -0.25) is 5.10 Å². The highest BCUT2D eigenvalue weighted by atomic mass is 16.2. The third kappa shape index (κ3) is 3.52. The summed E-state index contributed by atoms with van der Waals surface area (Å²) in [4.78, 5) is 14.3. The molecule has 20 heavy (non-hydrogen) atoms. The van der Waals surface area contributed by atoms with Gasteiger partial charge in [0.05, 0.1) is 5.69 Å². The van der Waals surface area contributed by atoms with Crippen LogP contribution >= 0.6 is 0 Å². The Bertz CT molecular complexity index is 449. The molecule has 2 N–H and O–H groups in total. The molecule has 1 aliphatic heterocycles. The summed E-state index contributed by atoms with van der Waals surface area (Å²) in [5.74, 6) is 1.29. The molecule has 5 heteroatoms. The lowest BCUT2D eigenvalue weighted by Gasteiger charge is -2.23. The number of aryl methyl sites for hydroxylation is 2. The Morgan fingerprint density at radius 3 is 2.80 bits per heavy atom. The van der Waals surface area contributed by atoms with Gasteiger partial charge in [-0.15, -0.1) is 0 Å². The van der Waals surface area contributed by atoms with Gasteiger partial charge in [-0.05, 0) is 38.5 Å². The quantitative estimate of drug-likeness (QED) is 0.873. The summed E-state index contributed by atoms with van der Waals surface area (Å²) in [5, 5.41) is 10.1. The number of hydrogen-bond acceptors (Lipinski definition) is 2. The van der Waals surface area contributed by atoms with E-state index in [1.807, 2.05) is 18.7 Å². The van der Waals surface area contributed by atoms with Crippen molar-refractivity contribution in [3.05, 3.63) is 17.0 Å². The number of likely N-dealkylation sites (tertiary alicyclic amines) is 1. The normalized spacial score (nSPS) is 23.5. The highest BCUT2D eigenvalue weighted by Crippen LogP contribution is 2.21. The van der Waals surface area contributed by atoms with Gasteiger partial charge in [-0.25, -0.2) is 4.79 Å². The number of nitrogens with zero attached hydrogens (tertiary/aromatic N) is 2. The largest absolute Gasteiger partial charge is 0.334 e. The van der Waals surface area contributed by atoms with Gasteiger partial charge in [0.2, 0.25) is 0 Å². The van der Waals surface area contributed by atoms with Crippen LogP contribution in [0.1, 0.15) is 43.6 Å². The Labute approximate surface area is 121 Å². The highest BCUT2D eigenvalue weighted by Gasteiger charge is 2.22. The minimum absolute atomic E-state index is 0.0472. The van der Waals surface area contributed by atoms with E-state index in [0.717, 1.165) is 36.5 Å². The van der Waals surface area contributed by atoms with Crippen LogP contribution in [0.15, 0.2) is 0 Å². The van der Waals surface area contributed by atoms with Gasteiger partial charge < -0.3 is 10.2 Å². The van der Waals surface area contributed by atoms with Crippen LogP contribution in [-0.4, -0.2) is 34.2 Å². The summed E-state index contributed by atoms with van der Waals surface area (Å²) in [6.07, 6.45) is 2.31. The fourth-order valence-electron chi connectivity index (χ4n) is 3.02. The van der Waals surface area contributed by atoms with E-state index in [4.69, 9.17) is 0 Å². The van der Waals surface area contributed by atoms with Crippen molar-refractivity contribution in [2.45, 2.75) is 47.1 Å². The summed E-state index contributed by atoms with van der Waals surface area (Å²) in [5.41, 5.74) is 3.08. The molecule has 0 unspecified atom stereocenters. The molecule has 1 saturated heterocycles. The van der Waals surface area contributed by atoms with Crippen molar-refractivity contribution in [3.63, 3.8) is 0 Å². The molecule has 0 saturated carbocycles. The smallest absolute Gasteiger partial charge is 0.317 e. The first-order valence-electron chi connectivity index (χ1n) is 7.50. The number of aromatic amines is 1. The summed E-state index contributed by atoms with van der Waals surface area (Å²) in [6.45, 7) is 10.7. The third-order valence-electron chi connectivity index (χ3n) is 4.21. The van der Waals surface area contributed by atoms with Crippen LogP contribution in [0.25, 0.3) is 0 Å². The van der Waals surface area contributed by atoms with E-state index in [1.165, 1.54) is 6.42 Å². The monoisotopic (exact) mass is 278 g/mol. The van der Waals surface area contributed by atoms with Crippen LogP contribution in [0.4, 0.5) is 4.79 Å². The second-order valence-corrected chi connectivity index (χ2v) is 6.25. The number of H-pyrrole nitrogens is 1. The Morgan fingerprint density at radius 1 is 1.40 bits per heavy atom. The molecule has 1 aromatic heterocycles. The zero-order chi connectivity index (χ0) is 14.7. The van der Waals surface area contributed by atoms with Gasteiger partial charge in [-0.1, -0.05) is 13.8 Å². The molecular weight excluding hydrogens is 252 g/mol. The van der Waals surface area contributed by atoms with Crippen molar-refractivity contribution >= 4 is 6.03 Å². The van der Waals surface area contributed by atoms with Gasteiger partial charge in [-0.2, -0.15) is 5.10 Å². The molecule has 2 heterocycles. The lowest BCUT2D eigenvalue weighted by Crippen LogP contribution is -2.41. The van der Waals surface area contributed by atoms with E-state index < -0.39 is 0 Å². The number of urea groups is 1. The molecule has 0 spiro atoms. The SMILES string of the molecule is Cc1n[nH]c(C)c1CNC(=O)N1CC[C@@H](C)C[C@H](C)C1. The van der Waals surface area contributed by atoms with Crippen molar-refractivity contribution in [2.24, 2.45) is 11.8 Å². The first kappa shape index (κ1) is 14.9. The molecule has 0 radical (unpaired) electrons. The van der Waals surface area contributed by atoms with Gasteiger partial charge >= 0.3 is 6.03 Å². The summed E-state index contributed by atoms with van der Waals surface area (Å²) in [7, 11) is 0. The molecule has 1 aromatic rings. The van der Waals surface area contributed by atoms with E-state index in [9.17, 15) is 4.79 Å². The second kappa shape index (κ2) is 6.29. The molecule has 0 aliphatic carbocycles. The third-order valence-corrected chi connectivity index (χ3v) is 4.21. The number of carbonyl (C=O) groups excluding carboxylic acids is 1. The Balaban J connectivity index is 1.91. The molecule has 5 nitrogen and oxygen atoms in total. The average Bonchev–Trinajstić information content (AvgIpc) is 2.59. The lowest BCUT2D eigenvalue weighted by atomic mass is 9.97. The zero-order valence-corrected chi connectivity index (χ0v) is 13.0. The van der Waals surface area contributed by atoms with E-state index >= 15 is 0 Å². The summed E-state index contributed by atoms with van der Waals surface area (Å²) >= 11 is 0. The average molecular weight is 278 g/mol. The highest BCUT2D eigenvalue weighted by molar-refractivity contribution is 5.74. The number of nitrogens with one attached hydrogen (secondary N) is 2. The van der Waals surface area contributed by atoms with Crippen LogP contribution < -0.4 is 5.32 Å². The van der Waals surface area contributed by atoms with Crippen LogP contribution in [0.3, 0.4) is 0 Å². The van der Waals surface area contributed by atoms with E-state index in [-0.39, 0.29) is 6.03 Å². The van der Waals surface area contributed by atoms with Crippen molar-refractivity contribution in [2.75, 3.05) is 13.1 Å². The molecule has 2 amide bonds. The molecular formula is C15H26N4O. The van der Waals surface area contributed by atoms with E-state index in [1.54, 1.807) is 0 Å². The number of rotatable bonds is 2. The first-order chi connectivity index (χ1) is 9.47. The van der Waals surface area contributed by atoms with Crippen molar-refractivity contribution in [1.82, 2.24) is 20.4 Å². The molecule has 1 fully saturated rings. The predicted octanol–water partition coefficient (Wildman–Crippen LogP) is 2.60. The molecule has 1 aliphatic rings. The van der Waals surface area contributed by atoms with Gasteiger partial charge in [0.1, 0.15) is 0 Å². The maximum absolute atomic E-state index is 12.3. The second-order valence-electron chi connectivity index (χ2n) is 6.25. The van der Waals surface area contributed by atoms with Gasteiger partial charge in [0, 0.05) is 30.9 Å². The van der Waals surface area contributed by atoms with Crippen LogP contribution in [0.2, 0.25) is 0 Å². The van der Waals surface area contributed by atoms with Crippen LogP contribution in [0, 0.1) is 25.7 Å². The first-order valence-corrected chi connectivity index (χ1v) is 7.50. The van der Waals surface area contributed by atoms with E-state index in [2.05, 4.69) is 29.4 Å². The fraction of sp³-hybridized carbons (Fsp3) is 0.733. The van der Waals surface area contributed by atoms with Crippen molar-refractivity contribution in [3.8, 4) is 0 Å². The Kier molecular flexibility index (Phi) is 4.68. The minimum Gasteiger partial charge on any atom is -0.334 e. The van der Waals surface area contributed by atoms with Gasteiger partial charge in [0.15, 0.2) is 0 Å². The van der Waals surface area contributed by atoms with E-state index in [0.29, 0.717) is 18.4 Å². The Hall–Kier alpha value is -1.52.